The van der Waals surface area contributed by atoms with Crippen molar-refractivity contribution in [2.75, 3.05) is 24.7 Å². The number of rotatable bonds is 3. The number of aryl methyl sites for hydroxylation is 2. The van der Waals surface area contributed by atoms with Gasteiger partial charge in [0.1, 0.15) is 11.3 Å². The Labute approximate surface area is 158 Å². The Hall–Kier alpha value is -2.05. The SMILES string of the molecule is Cc1noc(C)c1CN1CN(c2ccccc2Cl)C2(CCNCC2)C1=O. The maximum atomic E-state index is 13.5. The third kappa shape index (κ3) is 2.68. The molecule has 0 radical (unpaired) electrons. The van der Waals surface area contributed by atoms with E-state index in [0.29, 0.717) is 18.2 Å². The summed E-state index contributed by atoms with van der Waals surface area (Å²) in [5.74, 6) is 0.935. The third-order valence-electron chi connectivity index (χ3n) is 5.62. The molecule has 2 fully saturated rings. The predicted molar refractivity (Wildman–Crippen MR) is 100 cm³/mol. The van der Waals surface area contributed by atoms with Gasteiger partial charge in [-0.15, -0.1) is 0 Å². The van der Waals surface area contributed by atoms with Crippen molar-refractivity contribution in [1.82, 2.24) is 15.4 Å². The van der Waals surface area contributed by atoms with E-state index in [0.717, 1.165) is 48.6 Å². The minimum atomic E-state index is -0.533. The number of amides is 1. The van der Waals surface area contributed by atoms with E-state index in [1.807, 2.05) is 43.0 Å². The third-order valence-corrected chi connectivity index (χ3v) is 5.94. The molecule has 2 aliphatic heterocycles. The number of aromatic nitrogens is 1. The monoisotopic (exact) mass is 374 g/mol. The van der Waals surface area contributed by atoms with Crippen molar-refractivity contribution in [2.45, 2.75) is 38.8 Å². The Morgan fingerprint density at radius 3 is 2.65 bits per heavy atom. The molecule has 0 aliphatic carbocycles. The van der Waals surface area contributed by atoms with Crippen molar-refractivity contribution in [3.63, 3.8) is 0 Å². The van der Waals surface area contributed by atoms with Gasteiger partial charge in [-0.25, -0.2) is 0 Å². The fraction of sp³-hybridized carbons (Fsp3) is 0.474. The zero-order valence-electron chi connectivity index (χ0n) is 15.1. The van der Waals surface area contributed by atoms with Crippen LogP contribution >= 0.6 is 11.6 Å². The predicted octanol–water partition coefficient (Wildman–Crippen LogP) is 2.87. The molecule has 26 heavy (non-hydrogen) atoms. The van der Waals surface area contributed by atoms with E-state index in [4.69, 9.17) is 16.1 Å². The van der Waals surface area contributed by atoms with Gasteiger partial charge in [-0.2, -0.15) is 0 Å². The molecule has 7 heteroatoms. The highest BCUT2D eigenvalue weighted by atomic mass is 35.5. The Bertz CT molecular complexity index is 809. The maximum absolute atomic E-state index is 13.5. The van der Waals surface area contributed by atoms with Crippen LogP contribution in [-0.4, -0.2) is 41.3 Å². The van der Waals surface area contributed by atoms with E-state index in [1.165, 1.54) is 0 Å². The molecule has 0 unspecified atom stereocenters. The molecule has 6 nitrogen and oxygen atoms in total. The summed E-state index contributed by atoms with van der Waals surface area (Å²) < 4.78 is 5.28. The lowest BCUT2D eigenvalue weighted by molar-refractivity contribution is -0.133. The van der Waals surface area contributed by atoms with Gasteiger partial charge in [0.2, 0.25) is 5.91 Å². The summed E-state index contributed by atoms with van der Waals surface area (Å²) in [7, 11) is 0. The molecule has 1 aromatic carbocycles. The van der Waals surface area contributed by atoms with Crippen molar-refractivity contribution < 1.29 is 9.32 Å². The average Bonchev–Trinajstić information content (AvgIpc) is 3.09. The first kappa shape index (κ1) is 17.4. The van der Waals surface area contributed by atoms with Gasteiger partial charge in [0.05, 0.1) is 29.6 Å². The van der Waals surface area contributed by atoms with E-state index in [9.17, 15) is 4.79 Å². The molecule has 1 aromatic heterocycles. The molecule has 1 N–H and O–H groups in total. The highest BCUT2D eigenvalue weighted by molar-refractivity contribution is 6.33. The summed E-state index contributed by atoms with van der Waals surface area (Å²) in [5, 5.41) is 8.07. The lowest BCUT2D eigenvalue weighted by Gasteiger charge is -2.40. The molecule has 0 bridgehead atoms. The Kier molecular flexibility index (Phi) is 4.40. The first-order chi connectivity index (χ1) is 12.5. The van der Waals surface area contributed by atoms with E-state index in [-0.39, 0.29) is 5.91 Å². The van der Waals surface area contributed by atoms with Crippen molar-refractivity contribution in [1.29, 1.82) is 0 Å². The van der Waals surface area contributed by atoms with Crippen LogP contribution in [0, 0.1) is 13.8 Å². The number of benzene rings is 1. The zero-order valence-corrected chi connectivity index (χ0v) is 15.8. The first-order valence-corrected chi connectivity index (χ1v) is 9.35. The smallest absolute Gasteiger partial charge is 0.250 e. The topological polar surface area (TPSA) is 61.6 Å². The highest BCUT2D eigenvalue weighted by Crippen LogP contribution is 2.41. The summed E-state index contributed by atoms with van der Waals surface area (Å²) >= 11 is 6.48. The minimum absolute atomic E-state index is 0.166. The van der Waals surface area contributed by atoms with Gasteiger partial charge in [-0.1, -0.05) is 28.9 Å². The molecule has 1 spiro atoms. The molecule has 4 rings (SSSR count). The number of nitrogens with one attached hydrogen (secondary N) is 1. The second-order valence-electron chi connectivity index (χ2n) is 7.11. The van der Waals surface area contributed by atoms with Crippen molar-refractivity contribution in [2.24, 2.45) is 0 Å². The van der Waals surface area contributed by atoms with Gasteiger partial charge < -0.3 is 19.6 Å². The molecular formula is C19H23ClN4O2. The highest BCUT2D eigenvalue weighted by Gasteiger charge is 2.53. The number of halogens is 1. The zero-order chi connectivity index (χ0) is 18.3. The number of hydrogen-bond acceptors (Lipinski definition) is 5. The van der Waals surface area contributed by atoms with Gasteiger partial charge >= 0.3 is 0 Å². The first-order valence-electron chi connectivity index (χ1n) is 8.97. The average molecular weight is 375 g/mol. The van der Waals surface area contributed by atoms with Crippen LogP contribution in [0.25, 0.3) is 0 Å². The van der Waals surface area contributed by atoms with E-state index in [2.05, 4.69) is 15.4 Å². The van der Waals surface area contributed by atoms with Crippen LogP contribution in [-0.2, 0) is 11.3 Å². The lowest BCUT2D eigenvalue weighted by atomic mass is 9.86. The maximum Gasteiger partial charge on any atom is 0.250 e. The summed E-state index contributed by atoms with van der Waals surface area (Å²) in [4.78, 5) is 17.6. The number of hydrogen-bond donors (Lipinski definition) is 1. The molecule has 0 saturated carbocycles. The number of carbonyl (C=O) groups is 1. The minimum Gasteiger partial charge on any atom is -0.361 e. The second kappa shape index (κ2) is 6.59. The second-order valence-corrected chi connectivity index (χ2v) is 7.52. The molecule has 2 saturated heterocycles. The van der Waals surface area contributed by atoms with Crippen LogP contribution in [0.15, 0.2) is 28.8 Å². The van der Waals surface area contributed by atoms with E-state index >= 15 is 0 Å². The van der Waals surface area contributed by atoms with Crippen molar-refractivity contribution in [3.8, 4) is 0 Å². The Morgan fingerprint density at radius 1 is 1.27 bits per heavy atom. The van der Waals surface area contributed by atoms with Crippen LogP contribution in [0.1, 0.15) is 29.9 Å². The summed E-state index contributed by atoms with van der Waals surface area (Å²) in [6.45, 7) is 6.49. The van der Waals surface area contributed by atoms with Crippen LogP contribution in [0.3, 0.4) is 0 Å². The Balaban J connectivity index is 1.71. The van der Waals surface area contributed by atoms with Crippen LogP contribution in [0.2, 0.25) is 5.02 Å². The molecule has 138 valence electrons. The van der Waals surface area contributed by atoms with Gasteiger partial charge in [0.15, 0.2) is 0 Å². The molecule has 1 amide bonds. The molecule has 2 aromatic rings. The molecule has 0 atom stereocenters. The molecular weight excluding hydrogens is 352 g/mol. The fourth-order valence-electron chi connectivity index (χ4n) is 4.12. The summed E-state index contributed by atoms with van der Waals surface area (Å²) in [6.07, 6.45) is 1.55. The number of para-hydroxylation sites is 1. The van der Waals surface area contributed by atoms with Crippen LogP contribution in [0.5, 0.6) is 0 Å². The summed E-state index contributed by atoms with van der Waals surface area (Å²) in [5.41, 5.74) is 2.22. The lowest BCUT2D eigenvalue weighted by Crippen LogP contribution is -2.55. The van der Waals surface area contributed by atoms with Gasteiger partial charge in [0, 0.05) is 5.56 Å². The molecule has 3 heterocycles. The number of anilines is 1. The largest absolute Gasteiger partial charge is 0.361 e. The number of nitrogens with zero attached hydrogens (tertiary/aromatic N) is 3. The van der Waals surface area contributed by atoms with E-state index in [1.54, 1.807) is 0 Å². The normalized spacial score (nSPS) is 19.6. The van der Waals surface area contributed by atoms with Crippen molar-refractivity contribution in [3.05, 3.63) is 46.3 Å². The van der Waals surface area contributed by atoms with Gasteiger partial charge in [-0.05, 0) is 51.9 Å². The standard InChI is InChI=1S/C19H23ClN4O2/c1-13-15(14(2)26-22-13)11-23-12-24(17-6-4-3-5-16(17)20)19(18(23)25)7-9-21-10-8-19/h3-6,21H,7-12H2,1-2H3. The summed E-state index contributed by atoms with van der Waals surface area (Å²) in [6, 6.07) is 7.77. The van der Waals surface area contributed by atoms with Gasteiger partial charge in [0.25, 0.3) is 0 Å². The van der Waals surface area contributed by atoms with E-state index < -0.39 is 5.54 Å². The number of piperidine rings is 1. The van der Waals surface area contributed by atoms with Gasteiger partial charge in [-0.3, -0.25) is 4.79 Å². The Morgan fingerprint density at radius 2 is 2.00 bits per heavy atom. The quantitative estimate of drug-likeness (QED) is 0.895. The molecule has 2 aliphatic rings. The number of carbonyl (C=O) groups excluding carboxylic acids is 1. The van der Waals surface area contributed by atoms with Crippen LogP contribution < -0.4 is 10.2 Å². The van der Waals surface area contributed by atoms with Crippen LogP contribution in [0.4, 0.5) is 5.69 Å². The van der Waals surface area contributed by atoms with Crippen molar-refractivity contribution >= 4 is 23.2 Å². The fourth-order valence-corrected chi connectivity index (χ4v) is 4.36.